The maximum absolute atomic E-state index is 12.5. The number of benzene rings is 2. The number of carbonyl (C=O) groups excluding carboxylic acids is 1. The fourth-order valence-electron chi connectivity index (χ4n) is 2.32. The number of amides is 1. The molecule has 3 rings (SSSR count). The Morgan fingerprint density at radius 1 is 1.26 bits per heavy atom. The number of likely N-dealkylation sites (N-methyl/N-ethyl adjacent to an activating group) is 1. The minimum Gasteiger partial charge on any atom is -0.491 e. The van der Waals surface area contributed by atoms with Crippen molar-refractivity contribution in [3.05, 3.63) is 59.1 Å². The number of hydrogen-bond donors (Lipinski definition) is 0. The number of para-hydroxylation sites is 1. The Balaban J connectivity index is 1.60. The molecule has 0 aliphatic rings. The highest BCUT2D eigenvalue weighted by molar-refractivity contribution is 7.16. The number of fused-ring (bicyclic) bond motifs is 1. The monoisotopic (exact) mass is 326 g/mol. The number of aromatic nitrogens is 1. The molecule has 0 fully saturated rings. The highest BCUT2D eigenvalue weighted by Gasteiger charge is 2.13. The van der Waals surface area contributed by atoms with Gasteiger partial charge in [0.05, 0.1) is 22.3 Å². The largest absolute Gasteiger partial charge is 0.491 e. The van der Waals surface area contributed by atoms with Gasteiger partial charge in [0.2, 0.25) is 0 Å². The molecular formula is C18H18N2O2S. The first-order valence-electron chi connectivity index (χ1n) is 7.42. The number of aryl methyl sites for hydroxylation is 1. The molecule has 0 spiro atoms. The summed E-state index contributed by atoms with van der Waals surface area (Å²) in [6.07, 6.45) is 0. The molecule has 1 aromatic heterocycles. The van der Waals surface area contributed by atoms with Gasteiger partial charge in [-0.05, 0) is 36.8 Å². The smallest absolute Gasteiger partial charge is 0.253 e. The molecule has 4 nitrogen and oxygen atoms in total. The van der Waals surface area contributed by atoms with Gasteiger partial charge in [0.25, 0.3) is 5.91 Å². The van der Waals surface area contributed by atoms with Crippen molar-refractivity contribution in [2.24, 2.45) is 0 Å². The quantitative estimate of drug-likeness (QED) is 0.717. The number of thiazole rings is 1. The molecule has 5 heteroatoms. The molecule has 118 valence electrons. The summed E-state index contributed by atoms with van der Waals surface area (Å²) in [7, 11) is 1.79. The average Bonchev–Trinajstić information content (AvgIpc) is 3.03. The number of carbonyl (C=O) groups is 1. The van der Waals surface area contributed by atoms with E-state index in [2.05, 4.69) is 4.98 Å². The Morgan fingerprint density at radius 2 is 2.09 bits per heavy atom. The Kier molecular flexibility index (Phi) is 4.57. The van der Waals surface area contributed by atoms with E-state index < -0.39 is 0 Å². The molecule has 1 amide bonds. The molecule has 1 heterocycles. The van der Waals surface area contributed by atoms with E-state index in [1.165, 1.54) is 0 Å². The van der Waals surface area contributed by atoms with Gasteiger partial charge in [-0.2, -0.15) is 0 Å². The van der Waals surface area contributed by atoms with E-state index in [-0.39, 0.29) is 5.91 Å². The molecular weight excluding hydrogens is 308 g/mol. The van der Waals surface area contributed by atoms with Crippen LogP contribution in [0, 0.1) is 6.92 Å². The first kappa shape index (κ1) is 15.5. The van der Waals surface area contributed by atoms with Crippen molar-refractivity contribution in [3.8, 4) is 5.75 Å². The Hall–Kier alpha value is -2.40. The van der Waals surface area contributed by atoms with E-state index in [1.54, 1.807) is 28.8 Å². The van der Waals surface area contributed by atoms with Gasteiger partial charge in [-0.15, -0.1) is 11.3 Å². The second kappa shape index (κ2) is 6.79. The van der Waals surface area contributed by atoms with Crippen LogP contribution in [-0.2, 0) is 0 Å². The molecule has 0 unspecified atom stereocenters. The third-order valence-corrected chi connectivity index (χ3v) is 4.49. The molecule has 0 radical (unpaired) electrons. The van der Waals surface area contributed by atoms with Gasteiger partial charge in [-0.3, -0.25) is 4.79 Å². The zero-order valence-electron chi connectivity index (χ0n) is 13.2. The molecule has 0 N–H and O–H groups in total. The molecule has 0 aliphatic carbocycles. The van der Waals surface area contributed by atoms with Crippen molar-refractivity contribution < 1.29 is 9.53 Å². The molecule has 0 atom stereocenters. The van der Waals surface area contributed by atoms with Crippen molar-refractivity contribution in [1.29, 1.82) is 0 Å². The van der Waals surface area contributed by atoms with Gasteiger partial charge in [0.15, 0.2) is 0 Å². The molecule has 0 aliphatic heterocycles. The Labute approximate surface area is 139 Å². The fraction of sp³-hybridized carbons (Fsp3) is 0.222. The van der Waals surface area contributed by atoms with Crippen molar-refractivity contribution in [2.75, 3.05) is 20.2 Å². The van der Waals surface area contributed by atoms with Crippen LogP contribution in [0.1, 0.15) is 15.9 Å². The first-order chi connectivity index (χ1) is 11.1. The Bertz CT molecular complexity index is 829. The summed E-state index contributed by atoms with van der Waals surface area (Å²) in [5, 5.41) is 0. The predicted molar refractivity (Wildman–Crippen MR) is 93.3 cm³/mol. The second-order valence-electron chi connectivity index (χ2n) is 5.38. The van der Waals surface area contributed by atoms with Crippen LogP contribution in [0.15, 0.2) is 48.0 Å². The summed E-state index contributed by atoms with van der Waals surface area (Å²) in [4.78, 5) is 18.4. The summed E-state index contributed by atoms with van der Waals surface area (Å²) in [5.74, 6) is 0.855. The van der Waals surface area contributed by atoms with Gasteiger partial charge >= 0.3 is 0 Å². The second-order valence-corrected chi connectivity index (χ2v) is 6.26. The van der Waals surface area contributed by atoms with Crippen molar-refractivity contribution in [3.63, 3.8) is 0 Å². The van der Waals surface area contributed by atoms with Crippen molar-refractivity contribution in [1.82, 2.24) is 9.88 Å². The number of rotatable bonds is 5. The van der Waals surface area contributed by atoms with Crippen LogP contribution < -0.4 is 4.74 Å². The van der Waals surface area contributed by atoms with E-state index in [1.807, 2.05) is 49.4 Å². The minimum absolute atomic E-state index is 0.00585. The lowest BCUT2D eigenvalue weighted by atomic mass is 10.2. The highest BCUT2D eigenvalue weighted by Crippen LogP contribution is 2.20. The fourth-order valence-corrected chi connectivity index (χ4v) is 3.04. The van der Waals surface area contributed by atoms with E-state index in [9.17, 15) is 4.79 Å². The van der Waals surface area contributed by atoms with Crippen LogP contribution >= 0.6 is 11.3 Å². The van der Waals surface area contributed by atoms with E-state index in [4.69, 9.17) is 4.74 Å². The maximum atomic E-state index is 12.5. The van der Waals surface area contributed by atoms with E-state index in [0.29, 0.717) is 18.7 Å². The lowest BCUT2D eigenvalue weighted by Gasteiger charge is -2.18. The third kappa shape index (κ3) is 3.51. The number of nitrogens with zero attached hydrogens (tertiary/aromatic N) is 2. The minimum atomic E-state index is -0.00585. The van der Waals surface area contributed by atoms with E-state index >= 15 is 0 Å². The lowest BCUT2D eigenvalue weighted by Crippen LogP contribution is -2.30. The summed E-state index contributed by atoms with van der Waals surface area (Å²) in [6, 6.07) is 13.5. The molecule has 0 saturated heterocycles. The maximum Gasteiger partial charge on any atom is 0.253 e. The topological polar surface area (TPSA) is 42.4 Å². The van der Waals surface area contributed by atoms with Crippen molar-refractivity contribution in [2.45, 2.75) is 6.92 Å². The standard InChI is InChI=1S/C18H18N2O2S/c1-13-5-3-4-6-16(13)22-10-9-20(2)18(21)14-7-8-15-17(11-14)23-12-19-15/h3-8,11-12H,9-10H2,1-2H3. The SMILES string of the molecule is Cc1ccccc1OCCN(C)C(=O)c1ccc2ncsc2c1. The zero-order chi connectivity index (χ0) is 16.2. The summed E-state index contributed by atoms with van der Waals surface area (Å²) < 4.78 is 6.78. The van der Waals surface area contributed by atoms with Gasteiger partial charge in [-0.1, -0.05) is 18.2 Å². The summed E-state index contributed by atoms with van der Waals surface area (Å²) in [5.41, 5.74) is 4.49. The first-order valence-corrected chi connectivity index (χ1v) is 8.30. The highest BCUT2D eigenvalue weighted by atomic mass is 32.1. The van der Waals surface area contributed by atoms with Crippen LogP contribution in [0.25, 0.3) is 10.2 Å². The van der Waals surface area contributed by atoms with Crippen LogP contribution in [0.3, 0.4) is 0 Å². The van der Waals surface area contributed by atoms with Crippen molar-refractivity contribution >= 4 is 27.5 Å². The third-order valence-electron chi connectivity index (χ3n) is 3.70. The number of ether oxygens (including phenoxy) is 1. The normalized spacial score (nSPS) is 10.7. The van der Waals surface area contributed by atoms with Gasteiger partial charge in [0.1, 0.15) is 12.4 Å². The van der Waals surface area contributed by atoms with Gasteiger partial charge < -0.3 is 9.64 Å². The van der Waals surface area contributed by atoms with Crippen LogP contribution in [0.2, 0.25) is 0 Å². The Morgan fingerprint density at radius 3 is 2.91 bits per heavy atom. The zero-order valence-corrected chi connectivity index (χ0v) is 14.0. The summed E-state index contributed by atoms with van der Waals surface area (Å²) >= 11 is 1.54. The van der Waals surface area contributed by atoms with E-state index in [0.717, 1.165) is 21.5 Å². The average molecular weight is 326 g/mol. The molecule has 2 aromatic carbocycles. The van der Waals surface area contributed by atoms with Crippen LogP contribution in [0.4, 0.5) is 0 Å². The molecule has 3 aromatic rings. The van der Waals surface area contributed by atoms with Gasteiger partial charge in [-0.25, -0.2) is 4.98 Å². The number of hydrogen-bond acceptors (Lipinski definition) is 4. The summed E-state index contributed by atoms with van der Waals surface area (Å²) in [6.45, 7) is 3.01. The van der Waals surface area contributed by atoms with Crippen LogP contribution in [0.5, 0.6) is 5.75 Å². The lowest BCUT2D eigenvalue weighted by molar-refractivity contribution is 0.0774. The predicted octanol–water partition coefficient (Wildman–Crippen LogP) is 3.76. The molecule has 0 bridgehead atoms. The van der Waals surface area contributed by atoms with Gasteiger partial charge in [0, 0.05) is 12.6 Å². The molecule has 23 heavy (non-hydrogen) atoms. The molecule has 0 saturated carbocycles. The van der Waals surface area contributed by atoms with Crippen LogP contribution in [-0.4, -0.2) is 36.0 Å².